The van der Waals surface area contributed by atoms with Crippen molar-refractivity contribution < 1.29 is 23.8 Å². The highest BCUT2D eigenvalue weighted by Gasteiger charge is 2.50. The largest absolute Gasteiger partial charge is 0.352 e. The Bertz CT molecular complexity index is 954. The Morgan fingerprint density at radius 1 is 1.17 bits per heavy atom. The van der Waals surface area contributed by atoms with E-state index in [1.165, 1.54) is 29.9 Å². The first-order valence-electron chi connectivity index (χ1n) is 9.74. The van der Waals surface area contributed by atoms with E-state index in [0.717, 1.165) is 17.7 Å². The predicted molar refractivity (Wildman–Crippen MR) is 111 cm³/mol. The minimum absolute atomic E-state index is 0.162. The van der Waals surface area contributed by atoms with Crippen LogP contribution >= 0.6 is 0 Å². The summed E-state index contributed by atoms with van der Waals surface area (Å²) in [5.41, 5.74) is 0.749. The molecule has 1 saturated heterocycles. The number of hydrogen-bond donors (Lipinski definition) is 2. The Hall–Kier alpha value is -3.56. The first-order chi connectivity index (χ1) is 14.3. The van der Waals surface area contributed by atoms with Gasteiger partial charge in [0.1, 0.15) is 0 Å². The number of fused-ring (bicyclic) bond motifs is 1. The number of anilines is 1. The Balaban J connectivity index is 1.68. The molecule has 3 rings (SSSR count). The number of likely N-dealkylation sites (N-methyl/N-ethyl adjacent to an activating group) is 2. The lowest BCUT2D eigenvalue weighted by molar-refractivity contribution is -0.519. The topological polar surface area (TPSA) is 114 Å². The van der Waals surface area contributed by atoms with Gasteiger partial charge < -0.3 is 10.6 Å². The molecule has 1 aromatic carbocycles. The first-order valence-corrected chi connectivity index (χ1v) is 9.74. The Kier molecular flexibility index (Phi) is 6.24. The van der Waals surface area contributed by atoms with Crippen LogP contribution in [-0.4, -0.2) is 83.5 Å². The standard InChI is InChI=1S/C20H24N6O4/c1-4-5-10-21-18(28)13-8-6-7-9-14(13)23-15(27)11-26-12-22-17-16(26)19(29)25(3)20(30)24(17)2/h6-9,12,16H,4-5,10-11H2,1-3H3,(H-,21,23,27,28)/p+1. The van der Waals surface area contributed by atoms with E-state index < -0.39 is 23.9 Å². The molecule has 0 bridgehead atoms. The molecule has 10 nitrogen and oxygen atoms in total. The lowest BCUT2D eigenvalue weighted by Crippen LogP contribution is -2.61. The number of amidine groups is 1. The predicted octanol–water partition coefficient (Wildman–Crippen LogP) is 0.500. The van der Waals surface area contributed by atoms with Gasteiger partial charge in [-0.05, 0) is 23.5 Å². The first kappa shape index (κ1) is 21.2. The second-order valence-electron chi connectivity index (χ2n) is 7.12. The van der Waals surface area contributed by atoms with Crippen molar-refractivity contribution in [2.24, 2.45) is 4.99 Å². The molecule has 2 aliphatic rings. The van der Waals surface area contributed by atoms with E-state index in [4.69, 9.17) is 0 Å². The van der Waals surface area contributed by atoms with Crippen molar-refractivity contribution in [2.75, 3.05) is 32.5 Å². The lowest BCUT2D eigenvalue weighted by atomic mass is 10.1. The molecule has 0 radical (unpaired) electrons. The monoisotopic (exact) mass is 413 g/mol. The van der Waals surface area contributed by atoms with Gasteiger partial charge in [-0.3, -0.25) is 24.2 Å². The number of aliphatic imine (C=N–C) groups is 1. The summed E-state index contributed by atoms with van der Waals surface area (Å²) >= 11 is 0. The van der Waals surface area contributed by atoms with Gasteiger partial charge in [0.2, 0.25) is 0 Å². The molecule has 10 heteroatoms. The molecule has 1 aromatic rings. The normalized spacial score (nSPS) is 18.0. The van der Waals surface area contributed by atoms with Gasteiger partial charge in [-0.15, -0.1) is 0 Å². The number of carbonyl (C=O) groups is 4. The molecule has 1 unspecified atom stereocenters. The number of carbonyl (C=O) groups excluding carboxylic acids is 4. The summed E-state index contributed by atoms with van der Waals surface area (Å²) in [6.07, 6.45) is 3.21. The van der Waals surface area contributed by atoms with Gasteiger partial charge in [0.05, 0.1) is 11.3 Å². The zero-order chi connectivity index (χ0) is 21.8. The van der Waals surface area contributed by atoms with Crippen molar-refractivity contribution >= 4 is 41.6 Å². The maximum absolute atomic E-state index is 12.7. The van der Waals surface area contributed by atoms with Crippen LogP contribution in [0.2, 0.25) is 0 Å². The number of nitrogens with zero attached hydrogens (tertiary/aromatic N) is 4. The van der Waals surface area contributed by atoms with E-state index in [9.17, 15) is 19.2 Å². The van der Waals surface area contributed by atoms with Crippen LogP contribution in [0.5, 0.6) is 0 Å². The fraction of sp³-hybridized carbons (Fsp3) is 0.400. The number of benzene rings is 1. The highest BCUT2D eigenvalue weighted by molar-refractivity contribution is 6.21. The Labute approximate surface area is 174 Å². The zero-order valence-electron chi connectivity index (χ0n) is 17.2. The van der Waals surface area contributed by atoms with Gasteiger partial charge >= 0.3 is 6.03 Å². The molecular formula is C20H25N6O4+. The minimum atomic E-state index is -0.837. The second kappa shape index (κ2) is 8.85. The van der Waals surface area contributed by atoms with Crippen LogP contribution in [-0.2, 0) is 9.59 Å². The van der Waals surface area contributed by atoms with Crippen LogP contribution < -0.4 is 10.6 Å². The van der Waals surface area contributed by atoms with Crippen LogP contribution in [0.25, 0.3) is 0 Å². The Morgan fingerprint density at radius 3 is 2.63 bits per heavy atom. The lowest BCUT2D eigenvalue weighted by Gasteiger charge is -2.30. The van der Waals surface area contributed by atoms with Gasteiger partial charge in [0.15, 0.2) is 6.54 Å². The number of unbranched alkanes of at least 4 members (excludes halogenated alkanes) is 1. The van der Waals surface area contributed by atoms with Gasteiger partial charge in [0.25, 0.3) is 35.9 Å². The third-order valence-corrected chi connectivity index (χ3v) is 4.98. The molecular weight excluding hydrogens is 388 g/mol. The molecule has 158 valence electrons. The molecule has 1 fully saturated rings. The van der Waals surface area contributed by atoms with Crippen molar-refractivity contribution in [1.82, 2.24) is 15.1 Å². The molecule has 5 amide bonds. The van der Waals surface area contributed by atoms with E-state index in [-0.39, 0.29) is 18.3 Å². The third-order valence-electron chi connectivity index (χ3n) is 4.98. The van der Waals surface area contributed by atoms with Crippen LogP contribution in [0.1, 0.15) is 30.1 Å². The summed E-state index contributed by atoms with van der Waals surface area (Å²) in [6, 6.07) is 5.42. The maximum atomic E-state index is 12.7. The second-order valence-corrected chi connectivity index (χ2v) is 7.12. The molecule has 0 aliphatic carbocycles. The van der Waals surface area contributed by atoms with E-state index in [2.05, 4.69) is 15.6 Å². The van der Waals surface area contributed by atoms with Crippen molar-refractivity contribution in [3.05, 3.63) is 29.8 Å². The number of rotatable bonds is 7. The average molecular weight is 413 g/mol. The third kappa shape index (κ3) is 4.07. The smallest absolute Gasteiger partial charge is 0.333 e. The van der Waals surface area contributed by atoms with Crippen LogP contribution in [0, 0.1) is 0 Å². The summed E-state index contributed by atoms with van der Waals surface area (Å²) in [6.45, 7) is 2.43. The number of urea groups is 1. The average Bonchev–Trinajstić information content (AvgIpc) is 3.14. The number of para-hydroxylation sites is 1. The molecule has 0 saturated carbocycles. The van der Waals surface area contributed by atoms with Crippen LogP contribution in [0.4, 0.5) is 10.5 Å². The van der Waals surface area contributed by atoms with Crippen molar-refractivity contribution in [3.8, 4) is 0 Å². The van der Waals surface area contributed by atoms with Crippen molar-refractivity contribution in [3.63, 3.8) is 0 Å². The highest BCUT2D eigenvalue weighted by Crippen LogP contribution is 2.18. The fourth-order valence-corrected chi connectivity index (χ4v) is 3.29. The minimum Gasteiger partial charge on any atom is -0.352 e. The quantitative estimate of drug-likeness (QED) is 0.500. The van der Waals surface area contributed by atoms with E-state index in [1.807, 2.05) is 6.92 Å². The number of imide groups is 1. The van der Waals surface area contributed by atoms with Crippen molar-refractivity contribution in [1.29, 1.82) is 0 Å². The van der Waals surface area contributed by atoms with Gasteiger partial charge in [-0.2, -0.15) is 0 Å². The van der Waals surface area contributed by atoms with Gasteiger partial charge in [0, 0.05) is 20.6 Å². The summed E-state index contributed by atoms with van der Waals surface area (Å²) in [5.74, 6) is -0.839. The summed E-state index contributed by atoms with van der Waals surface area (Å²) in [7, 11) is 2.92. The molecule has 0 spiro atoms. The van der Waals surface area contributed by atoms with E-state index >= 15 is 0 Å². The highest BCUT2D eigenvalue weighted by atomic mass is 16.2. The number of amides is 5. The molecule has 2 heterocycles. The Morgan fingerprint density at radius 2 is 1.90 bits per heavy atom. The SMILES string of the molecule is CCCCNC(=O)c1ccccc1NC(=O)C[N+]1=CN=C2C1C(=O)N(C)C(=O)N2C. The van der Waals surface area contributed by atoms with Crippen LogP contribution in [0.3, 0.4) is 0 Å². The summed E-state index contributed by atoms with van der Waals surface area (Å²) in [4.78, 5) is 56.1. The van der Waals surface area contributed by atoms with E-state index in [0.29, 0.717) is 17.8 Å². The van der Waals surface area contributed by atoms with Crippen molar-refractivity contribution in [2.45, 2.75) is 25.8 Å². The maximum Gasteiger partial charge on any atom is 0.333 e. The van der Waals surface area contributed by atoms with Gasteiger partial charge in [-0.25, -0.2) is 9.37 Å². The van der Waals surface area contributed by atoms with E-state index in [1.54, 1.807) is 24.3 Å². The van der Waals surface area contributed by atoms with Crippen LogP contribution in [0.15, 0.2) is 29.3 Å². The zero-order valence-corrected chi connectivity index (χ0v) is 17.2. The summed E-state index contributed by atoms with van der Waals surface area (Å²) < 4.78 is 1.47. The number of hydrogen-bond acceptors (Lipinski definition) is 5. The molecule has 2 aliphatic heterocycles. The van der Waals surface area contributed by atoms with Gasteiger partial charge in [-0.1, -0.05) is 25.5 Å². The molecule has 2 N–H and O–H groups in total. The summed E-state index contributed by atoms with van der Waals surface area (Å²) in [5, 5.41) is 5.56. The molecule has 30 heavy (non-hydrogen) atoms. The molecule has 0 aromatic heterocycles. The number of nitrogens with one attached hydrogen (secondary N) is 2. The fourth-order valence-electron chi connectivity index (χ4n) is 3.29. The molecule has 1 atom stereocenters.